The van der Waals surface area contributed by atoms with E-state index in [1.165, 1.54) is 0 Å². The third-order valence-electron chi connectivity index (χ3n) is 4.92. The van der Waals surface area contributed by atoms with Gasteiger partial charge in [0.15, 0.2) is 0 Å². The number of rotatable bonds is 5. The van der Waals surface area contributed by atoms with Gasteiger partial charge in [0, 0.05) is 46.1 Å². The van der Waals surface area contributed by atoms with Gasteiger partial charge >= 0.3 is 0 Å². The summed E-state index contributed by atoms with van der Waals surface area (Å²) < 4.78 is 7.61. The zero-order chi connectivity index (χ0) is 21.4. The second-order valence-corrected chi connectivity index (χ2v) is 7.75. The predicted octanol–water partition coefficient (Wildman–Crippen LogP) is 5.67. The van der Waals surface area contributed by atoms with Crippen LogP contribution in [0.3, 0.4) is 0 Å². The third kappa shape index (κ3) is 3.71. The molecule has 0 aliphatic heterocycles. The fourth-order valence-corrected chi connectivity index (χ4v) is 3.90. The summed E-state index contributed by atoms with van der Waals surface area (Å²) in [7, 11) is 0. The summed E-state index contributed by atoms with van der Waals surface area (Å²) in [5.74, 6) is -0.181. The number of carbonyl (C=O) groups excluding carboxylic acids is 1. The van der Waals surface area contributed by atoms with Crippen LogP contribution in [0.2, 0.25) is 10.0 Å². The van der Waals surface area contributed by atoms with E-state index in [0.717, 1.165) is 16.5 Å². The summed E-state index contributed by atoms with van der Waals surface area (Å²) in [5.41, 5.74) is 2.90. The van der Waals surface area contributed by atoms with Crippen molar-refractivity contribution in [2.24, 2.45) is 0 Å². The largest absolute Gasteiger partial charge is 0.413 e. The predicted molar refractivity (Wildman–Crippen MR) is 118 cm³/mol. The van der Waals surface area contributed by atoms with Crippen molar-refractivity contribution < 1.29 is 9.21 Å². The van der Waals surface area contributed by atoms with Gasteiger partial charge < -0.3 is 8.98 Å². The lowest BCUT2D eigenvalue weighted by atomic mass is 10.1. The quantitative estimate of drug-likeness (QED) is 0.323. The number of para-hydroxylation sites is 1. The Morgan fingerprint density at radius 3 is 2.71 bits per heavy atom. The van der Waals surface area contributed by atoms with Gasteiger partial charge in [-0.05, 0) is 35.9 Å². The number of ketones is 1. The van der Waals surface area contributed by atoms with Crippen LogP contribution in [0.25, 0.3) is 22.4 Å². The first-order chi connectivity index (χ1) is 15.1. The zero-order valence-corrected chi connectivity index (χ0v) is 17.5. The second kappa shape index (κ2) is 7.98. The third-order valence-corrected chi connectivity index (χ3v) is 5.50. The summed E-state index contributed by atoms with van der Waals surface area (Å²) in [6.07, 6.45) is 5.03. The first-order valence-electron chi connectivity index (χ1n) is 9.40. The van der Waals surface area contributed by atoms with E-state index in [1.807, 2.05) is 34.9 Å². The van der Waals surface area contributed by atoms with Crippen LogP contribution in [0.1, 0.15) is 21.8 Å². The van der Waals surface area contributed by atoms with E-state index < -0.39 is 0 Å². The molecule has 31 heavy (non-hydrogen) atoms. The minimum absolute atomic E-state index is 0.0775. The Bertz CT molecular complexity index is 1410. The first-order valence-corrected chi connectivity index (χ1v) is 10.2. The normalized spacial score (nSPS) is 11.2. The minimum atomic E-state index is -0.347. The first kappa shape index (κ1) is 19.5. The van der Waals surface area contributed by atoms with Crippen LogP contribution in [-0.2, 0) is 6.54 Å². The maximum atomic E-state index is 13.2. The lowest BCUT2D eigenvalue weighted by Crippen LogP contribution is -2.02. The van der Waals surface area contributed by atoms with Crippen LogP contribution in [0, 0.1) is 0 Å². The number of aromatic nitrogens is 4. The van der Waals surface area contributed by atoms with Crippen LogP contribution in [0.15, 0.2) is 77.6 Å². The van der Waals surface area contributed by atoms with Crippen molar-refractivity contribution in [3.05, 3.63) is 100 Å². The number of carbonyl (C=O) groups is 1. The van der Waals surface area contributed by atoms with E-state index in [-0.39, 0.29) is 17.6 Å². The highest BCUT2D eigenvalue weighted by Crippen LogP contribution is 2.28. The summed E-state index contributed by atoms with van der Waals surface area (Å²) in [4.78, 5) is 17.2. The molecule has 0 unspecified atom stereocenters. The molecule has 0 radical (unpaired) electrons. The fourth-order valence-electron chi connectivity index (χ4n) is 3.43. The number of hydrogen-bond acceptors (Lipinski definition) is 5. The zero-order valence-electron chi connectivity index (χ0n) is 16.0. The molecule has 0 saturated heterocycles. The average molecular weight is 449 g/mol. The van der Waals surface area contributed by atoms with Gasteiger partial charge in [0.05, 0.1) is 11.1 Å². The van der Waals surface area contributed by atoms with Crippen molar-refractivity contribution >= 4 is 39.9 Å². The van der Waals surface area contributed by atoms with Gasteiger partial charge in [0.2, 0.25) is 5.89 Å². The van der Waals surface area contributed by atoms with E-state index in [9.17, 15) is 4.79 Å². The molecule has 0 amide bonds. The van der Waals surface area contributed by atoms with Gasteiger partial charge in [-0.3, -0.25) is 9.78 Å². The van der Waals surface area contributed by atoms with Crippen molar-refractivity contribution in [3.8, 4) is 11.5 Å². The molecule has 3 heterocycles. The molecule has 0 aliphatic carbocycles. The number of pyridine rings is 1. The highest BCUT2D eigenvalue weighted by atomic mass is 35.5. The molecular weight excluding hydrogens is 435 g/mol. The van der Waals surface area contributed by atoms with Gasteiger partial charge in [0.1, 0.15) is 0 Å². The standard InChI is InChI=1S/C23H14Cl2N4O2/c24-16-8-7-15(19(25)10-16)12-29-13-18(17-5-1-2-6-20(17)29)21(30)23-28-27-22(31-23)14-4-3-9-26-11-14/h1-11,13H,12H2. The van der Waals surface area contributed by atoms with E-state index >= 15 is 0 Å². The molecule has 0 aliphatic rings. The summed E-state index contributed by atoms with van der Waals surface area (Å²) in [6, 6.07) is 16.6. The molecule has 3 aromatic heterocycles. The number of hydrogen-bond donors (Lipinski definition) is 0. The molecule has 8 heteroatoms. The van der Waals surface area contributed by atoms with E-state index in [0.29, 0.717) is 27.7 Å². The van der Waals surface area contributed by atoms with Crippen LogP contribution in [0.4, 0.5) is 0 Å². The van der Waals surface area contributed by atoms with Crippen molar-refractivity contribution in [1.29, 1.82) is 0 Å². The summed E-state index contributed by atoms with van der Waals surface area (Å²) in [6.45, 7) is 0.481. The fraction of sp³-hybridized carbons (Fsp3) is 0.0435. The van der Waals surface area contributed by atoms with Crippen molar-refractivity contribution in [1.82, 2.24) is 19.7 Å². The highest BCUT2D eigenvalue weighted by molar-refractivity contribution is 6.35. The maximum Gasteiger partial charge on any atom is 0.289 e. The molecule has 5 rings (SSSR count). The summed E-state index contributed by atoms with van der Waals surface area (Å²) >= 11 is 12.4. The second-order valence-electron chi connectivity index (χ2n) is 6.91. The lowest BCUT2D eigenvalue weighted by molar-refractivity contribution is 0.100. The maximum absolute atomic E-state index is 13.2. The Morgan fingerprint density at radius 1 is 1.03 bits per heavy atom. The average Bonchev–Trinajstić information content (AvgIpc) is 3.42. The van der Waals surface area contributed by atoms with E-state index in [4.69, 9.17) is 27.6 Å². The Morgan fingerprint density at radius 2 is 1.90 bits per heavy atom. The number of benzene rings is 2. The van der Waals surface area contributed by atoms with Crippen LogP contribution in [-0.4, -0.2) is 25.5 Å². The molecule has 0 atom stereocenters. The molecule has 0 N–H and O–H groups in total. The van der Waals surface area contributed by atoms with Gasteiger partial charge in [-0.25, -0.2) is 0 Å². The minimum Gasteiger partial charge on any atom is -0.413 e. The molecule has 0 fully saturated rings. The van der Waals surface area contributed by atoms with Gasteiger partial charge in [0.25, 0.3) is 11.7 Å². The molecule has 152 valence electrons. The smallest absolute Gasteiger partial charge is 0.289 e. The number of halogens is 2. The molecule has 6 nitrogen and oxygen atoms in total. The van der Waals surface area contributed by atoms with Gasteiger partial charge in [-0.2, -0.15) is 0 Å². The Labute approximate surface area is 187 Å². The monoisotopic (exact) mass is 448 g/mol. The Balaban J connectivity index is 1.53. The van der Waals surface area contributed by atoms with Crippen LogP contribution < -0.4 is 0 Å². The lowest BCUT2D eigenvalue weighted by Gasteiger charge is -2.08. The van der Waals surface area contributed by atoms with Crippen molar-refractivity contribution in [2.45, 2.75) is 6.54 Å². The molecular formula is C23H14Cl2N4O2. The molecule has 2 aromatic carbocycles. The van der Waals surface area contributed by atoms with Gasteiger partial charge in [-0.15, -0.1) is 10.2 Å². The van der Waals surface area contributed by atoms with E-state index in [2.05, 4.69) is 15.2 Å². The van der Waals surface area contributed by atoms with Crippen molar-refractivity contribution in [2.75, 3.05) is 0 Å². The van der Waals surface area contributed by atoms with Gasteiger partial charge in [-0.1, -0.05) is 47.5 Å². The summed E-state index contributed by atoms with van der Waals surface area (Å²) in [5, 5.41) is 9.88. The molecule has 5 aromatic rings. The molecule has 0 saturated carbocycles. The van der Waals surface area contributed by atoms with Crippen LogP contribution >= 0.6 is 23.2 Å². The van der Waals surface area contributed by atoms with Crippen molar-refractivity contribution in [3.63, 3.8) is 0 Å². The SMILES string of the molecule is O=C(c1nnc(-c2cccnc2)o1)c1cn(Cc2ccc(Cl)cc2Cl)c2ccccc12. The van der Waals surface area contributed by atoms with E-state index in [1.54, 1.807) is 42.9 Å². The number of nitrogens with zero attached hydrogens (tertiary/aromatic N) is 4. The topological polar surface area (TPSA) is 73.8 Å². The number of fused-ring (bicyclic) bond motifs is 1. The van der Waals surface area contributed by atoms with Crippen LogP contribution in [0.5, 0.6) is 0 Å². The highest BCUT2D eigenvalue weighted by Gasteiger charge is 2.22. The molecule has 0 spiro atoms. The molecule has 0 bridgehead atoms. The Kier molecular flexibility index (Phi) is 5.02. The Hall–Kier alpha value is -3.48.